The van der Waals surface area contributed by atoms with Gasteiger partial charge in [-0.15, -0.1) is 12.4 Å². The highest BCUT2D eigenvalue weighted by atomic mass is 35.5. The summed E-state index contributed by atoms with van der Waals surface area (Å²) in [6.45, 7) is 6.97. The highest BCUT2D eigenvalue weighted by Crippen LogP contribution is 2.12. The van der Waals surface area contributed by atoms with Crippen molar-refractivity contribution in [3.8, 4) is 0 Å². The number of halogens is 1. The first-order valence-electron chi connectivity index (χ1n) is 4.70. The molecule has 1 aliphatic heterocycles. The lowest BCUT2D eigenvalue weighted by Gasteiger charge is -2.36. The molecule has 0 radical (unpaired) electrons. The minimum atomic E-state index is -3.01. The standard InChI is InChI=1S/C8H18N2O2S.ClH/c1-4-13(11,12)10-6-7(2)9-5-8(10)3;/h7-9H,4-6H2,1-3H3;1H. The normalized spacial score (nSPS) is 29.6. The van der Waals surface area contributed by atoms with Gasteiger partial charge >= 0.3 is 0 Å². The fraction of sp³-hybridized carbons (Fsp3) is 1.00. The molecule has 1 heterocycles. The van der Waals surface area contributed by atoms with Crippen LogP contribution in [0.4, 0.5) is 0 Å². The SMILES string of the molecule is CCS(=O)(=O)N1CC(C)NCC1C.Cl. The minimum Gasteiger partial charge on any atom is -0.311 e. The first-order chi connectivity index (χ1) is 5.97. The summed E-state index contributed by atoms with van der Waals surface area (Å²) < 4.78 is 24.8. The van der Waals surface area contributed by atoms with E-state index >= 15 is 0 Å². The Kier molecular flexibility index (Phi) is 5.36. The van der Waals surface area contributed by atoms with E-state index in [1.54, 1.807) is 11.2 Å². The molecule has 0 aliphatic carbocycles. The second-order valence-electron chi connectivity index (χ2n) is 3.63. The third kappa shape index (κ3) is 3.08. The molecule has 4 nitrogen and oxygen atoms in total. The van der Waals surface area contributed by atoms with Crippen LogP contribution in [0.25, 0.3) is 0 Å². The predicted octanol–water partition coefficient (Wildman–Crippen LogP) is 0.440. The maximum absolute atomic E-state index is 11.6. The average molecular weight is 243 g/mol. The summed E-state index contributed by atoms with van der Waals surface area (Å²) in [4.78, 5) is 0. The second-order valence-corrected chi connectivity index (χ2v) is 5.84. The summed E-state index contributed by atoms with van der Waals surface area (Å²) >= 11 is 0. The molecule has 1 rings (SSSR count). The molecule has 1 N–H and O–H groups in total. The molecule has 1 fully saturated rings. The highest BCUT2D eigenvalue weighted by Gasteiger charge is 2.30. The maximum Gasteiger partial charge on any atom is 0.214 e. The molecule has 14 heavy (non-hydrogen) atoms. The van der Waals surface area contributed by atoms with Crippen molar-refractivity contribution in [3.05, 3.63) is 0 Å². The molecule has 2 atom stereocenters. The van der Waals surface area contributed by atoms with Crippen LogP contribution in [0, 0.1) is 0 Å². The molecule has 0 spiro atoms. The zero-order valence-electron chi connectivity index (χ0n) is 8.86. The van der Waals surface area contributed by atoms with E-state index < -0.39 is 10.0 Å². The summed E-state index contributed by atoms with van der Waals surface area (Å²) in [6.07, 6.45) is 0. The van der Waals surface area contributed by atoms with Crippen LogP contribution >= 0.6 is 12.4 Å². The Morgan fingerprint density at radius 3 is 2.50 bits per heavy atom. The molecule has 6 heteroatoms. The molecule has 2 unspecified atom stereocenters. The van der Waals surface area contributed by atoms with E-state index in [2.05, 4.69) is 5.32 Å². The quantitative estimate of drug-likeness (QED) is 0.765. The molecule has 0 bridgehead atoms. The summed E-state index contributed by atoms with van der Waals surface area (Å²) in [5.74, 6) is 0.198. The van der Waals surface area contributed by atoms with Gasteiger partial charge in [0, 0.05) is 25.2 Å². The lowest BCUT2D eigenvalue weighted by molar-refractivity contribution is 0.245. The van der Waals surface area contributed by atoms with Crippen LogP contribution in [0.1, 0.15) is 20.8 Å². The van der Waals surface area contributed by atoms with Crippen LogP contribution in [0.3, 0.4) is 0 Å². The molecule has 0 aromatic rings. The molecule has 86 valence electrons. The molecule has 1 aliphatic rings. The fourth-order valence-corrected chi connectivity index (χ4v) is 2.95. The maximum atomic E-state index is 11.6. The molecule has 0 aromatic heterocycles. The van der Waals surface area contributed by atoms with Crippen molar-refractivity contribution in [2.24, 2.45) is 0 Å². The van der Waals surface area contributed by atoms with Crippen LogP contribution in [0.15, 0.2) is 0 Å². The number of nitrogens with zero attached hydrogens (tertiary/aromatic N) is 1. The van der Waals surface area contributed by atoms with Gasteiger partial charge in [0.1, 0.15) is 0 Å². The molecule has 0 saturated carbocycles. The van der Waals surface area contributed by atoms with Crippen LogP contribution in [-0.4, -0.2) is 43.6 Å². The van der Waals surface area contributed by atoms with Crippen molar-refractivity contribution in [2.75, 3.05) is 18.8 Å². The van der Waals surface area contributed by atoms with Crippen molar-refractivity contribution >= 4 is 22.4 Å². The molecule has 1 saturated heterocycles. The predicted molar refractivity (Wildman–Crippen MR) is 60.3 cm³/mol. The van der Waals surface area contributed by atoms with E-state index in [-0.39, 0.29) is 30.2 Å². The van der Waals surface area contributed by atoms with Gasteiger partial charge in [0.15, 0.2) is 0 Å². The Morgan fingerprint density at radius 1 is 1.43 bits per heavy atom. The third-order valence-electron chi connectivity index (χ3n) is 2.43. The summed E-state index contributed by atoms with van der Waals surface area (Å²) in [5, 5.41) is 3.25. The van der Waals surface area contributed by atoms with Gasteiger partial charge in [-0.2, -0.15) is 4.31 Å². The first-order valence-corrected chi connectivity index (χ1v) is 6.31. The van der Waals surface area contributed by atoms with E-state index in [0.29, 0.717) is 6.54 Å². The van der Waals surface area contributed by atoms with Gasteiger partial charge in [0.2, 0.25) is 10.0 Å². The number of piperazine rings is 1. The van der Waals surface area contributed by atoms with Gasteiger partial charge in [-0.25, -0.2) is 8.42 Å². The topological polar surface area (TPSA) is 49.4 Å². The monoisotopic (exact) mass is 242 g/mol. The third-order valence-corrected chi connectivity index (χ3v) is 4.38. The van der Waals surface area contributed by atoms with Crippen molar-refractivity contribution in [1.29, 1.82) is 0 Å². The van der Waals surface area contributed by atoms with Gasteiger partial charge in [-0.3, -0.25) is 0 Å². The Balaban J connectivity index is 0.00000169. The number of nitrogens with one attached hydrogen (secondary N) is 1. The smallest absolute Gasteiger partial charge is 0.214 e. The van der Waals surface area contributed by atoms with Crippen LogP contribution in [0.2, 0.25) is 0 Å². The average Bonchev–Trinajstić information content (AvgIpc) is 2.09. The Morgan fingerprint density at radius 2 is 2.00 bits per heavy atom. The number of sulfonamides is 1. The van der Waals surface area contributed by atoms with Crippen molar-refractivity contribution in [2.45, 2.75) is 32.9 Å². The van der Waals surface area contributed by atoms with E-state index in [4.69, 9.17) is 0 Å². The molecule has 0 aromatic carbocycles. The zero-order valence-corrected chi connectivity index (χ0v) is 10.5. The second kappa shape index (κ2) is 5.30. The lowest BCUT2D eigenvalue weighted by atomic mass is 10.2. The number of hydrogen-bond donors (Lipinski definition) is 1. The van der Waals surface area contributed by atoms with Crippen LogP contribution < -0.4 is 5.32 Å². The molecular weight excluding hydrogens is 224 g/mol. The van der Waals surface area contributed by atoms with E-state index in [1.165, 1.54) is 0 Å². The van der Waals surface area contributed by atoms with Gasteiger partial charge in [0.25, 0.3) is 0 Å². The van der Waals surface area contributed by atoms with Gasteiger partial charge in [0.05, 0.1) is 5.75 Å². The zero-order chi connectivity index (χ0) is 10.1. The van der Waals surface area contributed by atoms with E-state index in [1.807, 2.05) is 13.8 Å². The summed E-state index contributed by atoms with van der Waals surface area (Å²) in [6, 6.07) is 0.346. The van der Waals surface area contributed by atoms with Gasteiger partial charge in [-0.1, -0.05) is 0 Å². The van der Waals surface area contributed by atoms with Crippen molar-refractivity contribution in [3.63, 3.8) is 0 Å². The van der Waals surface area contributed by atoms with Gasteiger partial charge in [-0.05, 0) is 20.8 Å². The van der Waals surface area contributed by atoms with E-state index in [9.17, 15) is 8.42 Å². The van der Waals surface area contributed by atoms with Crippen molar-refractivity contribution < 1.29 is 8.42 Å². The van der Waals surface area contributed by atoms with Gasteiger partial charge < -0.3 is 5.32 Å². The summed E-state index contributed by atoms with van der Waals surface area (Å²) in [7, 11) is -3.01. The molecule has 0 amide bonds. The minimum absolute atomic E-state index is 0. The van der Waals surface area contributed by atoms with Crippen molar-refractivity contribution in [1.82, 2.24) is 9.62 Å². The molecular formula is C8H19ClN2O2S. The highest BCUT2D eigenvalue weighted by molar-refractivity contribution is 7.89. The summed E-state index contributed by atoms with van der Waals surface area (Å²) in [5.41, 5.74) is 0. The lowest BCUT2D eigenvalue weighted by Crippen LogP contribution is -2.56. The van der Waals surface area contributed by atoms with Crippen LogP contribution in [0.5, 0.6) is 0 Å². The number of hydrogen-bond acceptors (Lipinski definition) is 3. The Bertz CT molecular complexity index is 269. The first kappa shape index (κ1) is 14.2. The Labute approximate surface area is 92.5 Å². The largest absolute Gasteiger partial charge is 0.311 e. The Hall–Kier alpha value is 0.160. The van der Waals surface area contributed by atoms with E-state index in [0.717, 1.165) is 6.54 Å². The fourth-order valence-electron chi connectivity index (χ4n) is 1.54. The van der Waals surface area contributed by atoms with Crippen LogP contribution in [-0.2, 0) is 10.0 Å². The number of rotatable bonds is 2.